The lowest BCUT2D eigenvalue weighted by Crippen LogP contribution is -2.45. The van der Waals surface area contributed by atoms with Crippen LogP contribution in [0.15, 0.2) is 36.7 Å². The molecule has 2 aromatic heterocycles. The first-order valence-electron chi connectivity index (χ1n) is 15.5. The van der Waals surface area contributed by atoms with Gasteiger partial charge in [-0.25, -0.2) is 14.8 Å². The maximum Gasteiger partial charge on any atom is 0.410 e. The van der Waals surface area contributed by atoms with E-state index in [9.17, 15) is 4.79 Å². The lowest BCUT2D eigenvalue weighted by molar-refractivity contribution is 0.0201. The summed E-state index contributed by atoms with van der Waals surface area (Å²) in [6.45, 7) is 15.5. The highest BCUT2D eigenvalue weighted by molar-refractivity contribution is 6.08. The number of allylic oxidation sites excluding steroid dienone is 1. The molecule has 0 spiro atoms. The van der Waals surface area contributed by atoms with Crippen LogP contribution in [0.4, 0.5) is 27.8 Å². The number of fused-ring (bicyclic) bond motifs is 1. The van der Waals surface area contributed by atoms with Crippen molar-refractivity contribution in [1.29, 1.82) is 5.41 Å². The predicted octanol–water partition coefficient (Wildman–Crippen LogP) is 5.28. The van der Waals surface area contributed by atoms with E-state index in [0.29, 0.717) is 36.9 Å². The lowest BCUT2D eigenvalue weighted by atomic mass is 10.0. The van der Waals surface area contributed by atoms with E-state index in [4.69, 9.17) is 15.9 Å². The Kier molecular flexibility index (Phi) is 10.6. The fourth-order valence-corrected chi connectivity index (χ4v) is 5.35. The van der Waals surface area contributed by atoms with Gasteiger partial charge in [-0.1, -0.05) is 6.07 Å². The molecule has 7 N–H and O–H groups in total. The number of carbonyl (C=O) groups excluding carboxylic acids is 1. The first kappa shape index (κ1) is 32.4. The molecule has 3 aromatic rings. The Morgan fingerprint density at radius 3 is 2.64 bits per heavy atom. The molecule has 0 aliphatic carbocycles. The number of carbonyl (C=O) groups is 1. The summed E-state index contributed by atoms with van der Waals surface area (Å²) in [5.74, 6) is 0.923. The Bertz CT molecular complexity index is 1450. The summed E-state index contributed by atoms with van der Waals surface area (Å²) >= 11 is 0. The zero-order valence-electron chi connectivity index (χ0n) is 26.8. The third-order valence-corrected chi connectivity index (χ3v) is 7.63. The second-order valence-electron chi connectivity index (χ2n) is 12.1. The van der Waals surface area contributed by atoms with Gasteiger partial charge in [0.15, 0.2) is 17.3 Å². The average Bonchev–Trinajstić information content (AvgIpc) is 3.44. The van der Waals surface area contributed by atoms with E-state index in [1.807, 2.05) is 39.1 Å². The molecule has 1 atom stereocenters. The zero-order valence-corrected chi connectivity index (χ0v) is 26.8. The number of rotatable bonds is 12. The Hall–Kier alpha value is -4.48. The van der Waals surface area contributed by atoms with Gasteiger partial charge in [-0.3, -0.25) is 0 Å². The Balaban J connectivity index is 1.46. The number of likely N-dealkylation sites (N-methyl/N-ethyl adjacent to an activating group) is 1. The maximum absolute atomic E-state index is 12.4. The first-order valence-corrected chi connectivity index (χ1v) is 15.5. The molecule has 0 bridgehead atoms. The molecule has 238 valence electrons. The van der Waals surface area contributed by atoms with Crippen molar-refractivity contribution in [1.82, 2.24) is 25.2 Å². The van der Waals surface area contributed by atoms with Gasteiger partial charge in [0.1, 0.15) is 11.1 Å². The molecule has 44 heavy (non-hydrogen) atoms. The van der Waals surface area contributed by atoms with Crippen LogP contribution in [0, 0.1) is 5.41 Å². The van der Waals surface area contributed by atoms with Gasteiger partial charge in [-0.2, -0.15) is 0 Å². The third-order valence-electron chi connectivity index (χ3n) is 7.63. The van der Waals surface area contributed by atoms with Gasteiger partial charge < -0.3 is 46.6 Å². The van der Waals surface area contributed by atoms with Crippen molar-refractivity contribution in [2.45, 2.75) is 72.1 Å². The number of aromatic amines is 1. The van der Waals surface area contributed by atoms with Crippen LogP contribution in [0.1, 0.15) is 59.9 Å². The second kappa shape index (κ2) is 14.3. The molecule has 1 aromatic carbocycles. The number of hydrogen-bond donors (Lipinski definition) is 6. The van der Waals surface area contributed by atoms with Gasteiger partial charge >= 0.3 is 6.09 Å². The molecule has 1 amide bonds. The molecule has 12 nitrogen and oxygen atoms in total. The fourth-order valence-electron chi connectivity index (χ4n) is 5.35. The number of amides is 1. The van der Waals surface area contributed by atoms with Crippen LogP contribution in [0.3, 0.4) is 0 Å². The van der Waals surface area contributed by atoms with E-state index < -0.39 is 5.60 Å². The zero-order chi connectivity index (χ0) is 31.9. The van der Waals surface area contributed by atoms with Crippen molar-refractivity contribution < 1.29 is 9.53 Å². The number of anilines is 4. The van der Waals surface area contributed by atoms with Crippen LogP contribution in [0.25, 0.3) is 16.7 Å². The summed E-state index contributed by atoms with van der Waals surface area (Å²) in [5, 5.41) is 18.6. The number of aromatic nitrogens is 3. The van der Waals surface area contributed by atoms with Crippen LogP contribution in [0.5, 0.6) is 0 Å². The molecular formula is C32H48N10O2. The van der Waals surface area contributed by atoms with E-state index >= 15 is 0 Å². The van der Waals surface area contributed by atoms with Crippen molar-refractivity contribution in [2.24, 2.45) is 0 Å². The molecule has 12 heteroatoms. The highest BCUT2D eigenvalue weighted by atomic mass is 16.6. The van der Waals surface area contributed by atoms with E-state index in [0.717, 1.165) is 54.0 Å². The molecule has 0 saturated carbocycles. The quantitative estimate of drug-likeness (QED) is 0.151. The average molecular weight is 605 g/mol. The van der Waals surface area contributed by atoms with Crippen LogP contribution < -0.4 is 26.6 Å². The number of H-pyrrole nitrogens is 1. The molecule has 1 aliphatic rings. The van der Waals surface area contributed by atoms with Gasteiger partial charge in [0, 0.05) is 69.0 Å². The molecule has 0 radical (unpaired) electrons. The smallest absolute Gasteiger partial charge is 0.410 e. The summed E-state index contributed by atoms with van der Waals surface area (Å²) in [5.41, 5.74) is 10.9. The number of nitrogens with two attached hydrogens (primary N) is 1. The van der Waals surface area contributed by atoms with E-state index in [-0.39, 0.29) is 18.2 Å². The second-order valence-corrected chi connectivity index (χ2v) is 12.1. The summed E-state index contributed by atoms with van der Waals surface area (Å²) in [4.78, 5) is 28.6. The minimum atomic E-state index is -0.503. The van der Waals surface area contributed by atoms with Crippen LogP contribution in [0.2, 0.25) is 0 Å². The Morgan fingerprint density at radius 2 is 1.98 bits per heavy atom. The van der Waals surface area contributed by atoms with E-state index in [1.54, 1.807) is 11.1 Å². The Morgan fingerprint density at radius 1 is 1.23 bits per heavy atom. The number of ether oxygens (including phenoxy) is 1. The summed E-state index contributed by atoms with van der Waals surface area (Å²) < 4.78 is 5.52. The predicted molar refractivity (Wildman–Crippen MR) is 181 cm³/mol. The number of likely N-dealkylation sites (tertiary alicyclic amines) is 1. The number of benzene rings is 1. The largest absolute Gasteiger partial charge is 0.444 e. The van der Waals surface area contributed by atoms with Crippen LogP contribution >= 0.6 is 0 Å². The maximum atomic E-state index is 12.4. The normalized spacial score (nSPS) is 15.1. The number of nitrogens with zero attached hydrogens (tertiary/aromatic N) is 4. The van der Waals surface area contributed by atoms with Crippen molar-refractivity contribution in [3.63, 3.8) is 0 Å². The van der Waals surface area contributed by atoms with E-state index in [1.165, 1.54) is 6.21 Å². The highest BCUT2D eigenvalue weighted by Crippen LogP contribution is 2.31. The molecule has 1 unspecified atom stereocenters. The summed E-state index contributed by atoms with van der Waals surface area (Å²) in [6.07, 6.45) is 6.47. The minimum absolute atomic E-state index is 0.0940. The SMILES string of the molecule is CCNc1ccc(/C(C=N)=C/NC2CCN(C(=O)OC(C)(C)C)CC2)cc1N(CC)C(C)CNc1nc2cc[nH]c2nc1N. The summed E-state index contributed by atoms with van der Waals surface area (Å²) in [7, 11) is 0. The minimum Gasteiger partial charge on any atom is -0.444 e. The molecule has 1 saturated heterocycles. The molecule has 1 fully saturated rings. The van der Waals surface area contributed by atoms with Gasteiger partial charge in [-0.05, 0) is 78.1 Å². The topological polar surface area (TPSA) is 160 Å². The van der Waals surface area contributed by atoms with Gasteiger partial charge in [-0.15, -0.1) is 0 Å². The number of hydrogen-bond acceptors (Lipinski definition) is 10. The first-order chi connectivity index (χ1) is 21.0. The van der Waals surface area contributed by atoms with Gasteiger partial charge in [0.25, 0.3) is 0 Å². The van der Waals surface area contributed by atoms with Gasteiger partial charge in [0.2, 0.25) is 0 Å². The number of piperidine rings is 1. The van der Waals surface area contributed by atoms with Crippen molar-refractivity contribution in [3.8, 4) is 0 Å². The fraction of sp³-hybridized carbons (Fsp3) is 0.500. The molecule has 3 heterocycles. The molecular weight excluding hydrogens is 556 g/mol. The van der Waals surface area contributed by atoms with Gasteiger partial charge in [0.05, 0.1) is 11.4 Å². The Labute approximate surface area is 260 Å². The van der Waals surface area contributed by atoms with Crippen molar-refractivity contribution in [3.05, 3.63) is 42.2 Å². The standard InChI is InChI=1S/C32H48N10O2/c1-7-35-25-10-9-22(23(18-33)20-37-24-12-15-41(16-13-24)31(43)44-32(4,5)6)17-27(25)42(8-2)21(3)19-38-30-28(34)40-29-26(39-30)11-14-36-29/h9-11,14,17-18,20-21,24,33,35,37H,7-8,12-13,15-16,19H2,1-6H3,(H,38,39)(H3,34,36,40)/b23-20+,33-18?. The molecule has 4 rings (SSSR count). The monoisotopic (exact) mass is 604 g/mol. The molecule has 1 aliphatic heterocycles. The summed E-state index contributed by atoms with van der Waals surface area (Å²) in [6, 6.07) is 8.45. The number of nitrogens with one attached hydrogen (secondary N) is 5. The number of nitrogen functional groups attached to an aromatic ring is 1. The van der Waals surface area contributed by atoms with Crippen molar-refractivity contribution >= 4 is 52.1 Å². The third kappa shape index (κ3) is 8.12. The lowest BCUT2D eigenvalue weighted by Gasteiger charge is -2.33. The van der Waals surface area contributed by atoms with E-state index in [2.05, 4.69) is 68.7 Å². The highest BCUT2D eigenvalue weighted by Gasteiger charge is 2.26. The van der Waals surface area contributed by atoms with Crippen LogP contribution in [-0.4, -0.2) is 82.6 Å². The van der Waals surface area contributed by atoms with Crippen molar-refractivity contribution in [2.75, 3.05) is 54.0 Å². The van der Waals surface area contributed by atoms with Crippen LogP contribution in [-0.2, 0) is 4.74 Å².